The van der Waals surface area contributed by atoms with Crippen molar-refractivity contribution in [2.45, 2.75) is 70.6 Å². The van der Waals surface area contributed by atoms with E-state index in [-0.39, 0.29) is 11.3 Å². The average molecular weight is 438 g/mol. The van der Waals surface area contributed by atoms with E-state index in [9.17, 15) is 8.78 Å². The summed E-state index contributed by atoms with van der Waals surface area (Å²) in [7, 11) is 0. The van der Waals surface area contributed by atoms with Crippen LogP contribution >= 0.6 is 12.2 Å². The number of thiocarbonyl (C=S) groups is 1. The Kier molecular flexibility index (Phi) is 8.95. The van der Waals surface area contributed by atoms with Crippen molar-refractivity contribution in [3.05, 3.63) is 64.7 Å². The summed E-state index contributed by atoms with van der Waals surface area (Å²) in [5.74, 6) is 5.87. The lowest BCUT2D eigenvalue weighted by molar-refractivity contribution is 0.302. The van der Waals surface area contributed by atoms with Crippen molar-refractivity contribution in [2.24, 2.45) is 10.9 Å². The number of rotatable bonds is 7. The largest absolute Gasteiger partial charge is 0.206 e. The van der Waals surface area contributed by atoms with Crippen LogP contribution in [-0.2, 0) is 0 Å². The minimum atomic E-state index is -0.667. The van der Waals surface area contributed by atoms with Crippen LogP contribution in [0.2, 0.25) is 0 Å². The van der Waals surface area contributed by atoms with Crippen LogP contribution in [0.25, 0.3) is 0 Å². The molecule has 0 heterocycles. The molecule has 0 aliphatic heterocycles. The second-order valence-electron chi connectivity index (χ2n) is 8.43. The average Bonchev–Trinajstić information content (AvgIpc) is 2.79. The Labute approximate surface area is 190 Å². The van der Waals surface area contributed by atoms with E-state index in [4.69, 9.17) is 0 Å². The van der Waals surface area contributed by atoms with E-state index in [0.717, 1.165) is 23.6 Å². The number of unbranched alkanes of at least 4 members (excludes halogenated alkanes) is 3. The molecule has 0 aromatic heterocycles. The zero-order chi connectivity index (χ0) is 22.1. The molecule has 0 spiro atoms. The standard InChI is InChI=1S/C27H29F2NS/c1-2-3-4-5-6-20-7-12-22(13-8-20)23-14-9-21(10-15-23)11-16-24-17-26(29)27(30-19-31)18-25(24)28/h9-10,14-15,17-18,20,22H,2-8,12-13H2,1H3. The van der Waals surface area contributed by atoms with Crippen molar-refractivity contribution in [1.29, 1.82) is 0 Å². The van der Waals surface area contributed by atoms with Crippen LogP contribution in [0.1, 0.15) is 87.3 Å². The predicted molar refractivity (Wildman–Crippen MR) is 127 cm³/mol. The first-order valence-electron chi connectivity index (χ1n) is 11.3. The fourth-order valence-electron chi connectivity index (χ4n) is 4.39. The first-order chi connectivity index (χ1) is 15.1. The number of hydrogen-bond acceptors (Lipinski definition) is 2. The minimum absolute atomic E-state index is 0.00199. The zero-order valence-corrected chi connectivity index (χ0v) is 18.9. The maximum Gasteiger partial charge on any atom is 0.151 e. The van der Waals surface area contributed by atoms with Crippen molar-refractivity contribution in [3.63, 3.8) is 0 Å². The lowest BCUT2D eigenvalue weighted by atomic mass is 9.77. The summed E-state index contributed by atoms with van der Waals surface area (Å²) in [6.07, 6.45) is 12.0. The van der Waals surface area contributed by atoms with E-state index in [1.165, 1.54) is 63.4 Å². The third kappa shape index (κ3) is 6.82. The van der Waals surface area contributed by atoms with Gasteiger partial charge in [0.15, 0.2) is 5.82 Å². The monoisotopic (exact) mass is 437 g/mol. The Bertz CT molecular complexity index is 973. The number of benzene rings is 2. The van der Waals surface area contributed by atoms with Gasteiger partial charge >= 0.3 is 0 Å². The molecule has 0 radical (unpaired) electrons. The molecular weight excluding hydrogens is 408 g/mol. The summed E-state index contributed by atoms with van der Waals surface area (Å²) in [5, 5.41) is 2.04. The number of nitrogens with zero attached hydrogens (tertiary/aromatic N) is 1. The lowest BCUT2D eigenvalue weighted by Crippen LogP contribution is -2.13. The van der Waals surface area contributed by atoms with E-state index < -0.39 is 11.6 Å². The molecule has 31 heavy (non-hydrogen) atoms. The SMILES string of the molecule is CCCCCCC1CCC(c2ccc(C#Cc3cc(F)c(N=C=S)cc3F)cc2)CC1. The van der Waals surface area contributed by atoms with Crippen LogP contribution < -0.4 is 0 Å². The minimum Gasteiger partial charge on any atom is -0.206 e. The Morgan fingerprint density at radius 2 is 1.68 bits per heavy atom. The van der Waals surface area contributed by atoms with Gasteiger partial charge < -0.3 is 0 Å². The van der Waals surface area contributed by atoms with Crippen LogP contribution in [0, 0.1) is 29.4 Å². The van der Waals surface area contributed by atoms with Gasteiger partial charge in [-0.15, -0.1) is 0 Å². The normalized spacial score (nSPS) is 18.0. The Hall–Kier alpha value is -2.34. The molecule has 0 atom stereocenters. The third-order valence-electron chi connectivity index (χ3n) is 6.24. The van der Waals surface area contributed by atoms with Crippen LogP contribution in [0.3, 0.4) is 0 Å². The highest BCUT2D eigenvalue weighted by Gasteiger charge is 2.21. The second-order valence-corrected chi connectivity index (χ2v) is 8.61. The number of halogens is 2. The summed E-state index contributed by atoms with van der Waals surface area (Å²) in [6, 6.07) is 10.2. The molecule has 162 valence electrons. The fraction of sp³-hybridized carbons (Fsp3) is 0.444. The zero-order valence-electron chi connectivity index (χ0n) is 18.1. The Morgan fingerprint density at radius 3 is 2.35 bits per heavy atom. The van der Waals surface area contributed by atoms with Crippen molar-refractivity contribution in [3.8, 4) is 11.8 Å². The number of hydrogen-bond donors (Lipinski definition) is 0. The summed E-state index contributed by atoms with van der Waals surface area (Å²) in [4.78, 5) is 3.51. The molecule has 3 rings (SSSR count). The molecular formula is C27H29F2NS. The summed E-state index contributed by atoms with van der Waals surface area (Å²) >= 11 is 4.44. The molecule has 0 N–H and O–H groups in total. The molecule has 0 amide bonds. The van der Waals surface area contributed by atoms with Crippen molar-refractivity contribution >= 4 is 23.1 Å². The third-order valence-corrected chi connectivity index (χ3v) is 6.33. The van der Waals surface area contributed by atoms with Gasteiger partial charge in [0.1, 0.15) is 11.5 Å². The second kappa shape index (κ2) is 11.9. The molecule has 1 aliphatic carbocycles. The molecule has 2 aromatic carbocycles. The topological polar surface area (TPSA) is 12.4 Å². The fourth-order valence-corrected chi connectivity index (χ4v) is 4.49. The molecule has 1 nitrogen and oxygen atoms in total. The van der Waals surface area contributed by atoms with Gasteiger partial charge in [-0.1, -0.05) is 63.0 Å². The maximum absolute atomic E-state index is 14.1. The maximum atomic E-state index is 14.1. The van der Waals surface area contributed by atoms with Crippen molar-refractivity contribution in [2.75, 3.05) is 0 Å². The molecule has 0 bridgehead atoms. The predicted octanol–water partition coefficient (Wildman–Crippen LogP) is 8.34. The van der Waals surface area contributed by atoms with E-state index in [1.807, 2.05) is 17.3 Å². The highest BCUT2D eigenvalue weighted by molar-refractivity contribution is 7.78. The van der Waals surface area contributed by atoms with Gasteiger partial charge in [-0.2, -0.15) is 4.99 Å². The van der Waals surface area contributed by atoms with Gasteiger partial charge in [-0.25, -0.2) is 8.78 Å². The van der Waals surface area contributed by atoms with Gasteiger partial charge in [0, 0.05) is 11.6 Å². The van der Waals surface area contributed by atoms with E-state index in [2.05, 4.69) is 48.1 Å². The van der Waals surface area contributed by atoms with Gasteiger partial charge in [0.25, 0.3) is 0 Å². The van der Waals surface area contributed by atoms with Crippen LogP contribution in [0.4, 0.5) is 14.5 Å². The smallest absolute Gasteiger partial charge is 0.151 e. The Balaban J connectivity index is 1.57. The molecule has 4 heteroatoms. The summed E-state index contributed by atoms with van der Waals surface area (Å²) in [6.45, 7) is 2.26. The van der Waals surface area contributed by atoms with Gasteiger partial charge in [0.05, 0.1) is 10.7 Å². The van der Waals surface area contributed by atoms with Crippen molar-refractivity contribution < 1.29 is 8.78 Å². The lowest BCUT2D eigenvalue weighted by Gasteiger charge is -2.29. The van der Waals surface area contributed by atoms with Gasteiger partial charge in [-0.3, -0.25) is 0 Å². The van der Waals surface area contributed by atoms with Crippen LogP contribution in [-0.4, -0.2) is 5.16 Å². The first-order valence-corrected chi connectivity index (χ1v) is 11.7. The van der Waals surface area contributed by atoms with Crippen LogP contribution in [0.5, 0.6) is 0 Å². The van der Waals surface area contributed by atoms with E-state index >= 15 is 0 Å². The Morgan fingerprint density at radius 1 is 0.935 bits per heavy atom. The highest BCUT2D eigenvalue weighted by Crippen LogP contribution is 2.37. The number of aliphatic imine (C=N–C) groups is 1. The molecule has 1 fully saturated rings. The molecule has 0 saturated heterocycles. The van der Waals surface area contributed by atoms with Crippen LogP contribution in [0.15, 0.2) is 41.4 Å². The van der Waals surface area contributed by atoms with E-state index in [1.54, 1.807) is 0 Å². The summed E-state index contributed by atoms with van der Waals surface area (Å²) < 4.78 is 28.0. The summed E-state index contributed by atoms with van der Waals surface area (Å²) in [5.41, 5.74) is 1.98. The molecule has 1 aliphatic rings. The molecule has 0 unspecified atom stereocenters. The van der Waals surface area contributed by atoms with Gasteiger partial charge in [-0.05, 0) is 73.5 Å². The quantitative estimate of drug-likeness (QED) is 0.183. The highest BCUT2D eigenvalue weighted by atomic mass is 32.1. The number of isothiocyanates is 1. The molecule has 2 aromatic rings. The van der Waals surface area contributed by atoms with E-state index in [0.29, 0.717) is 5.92 Å². The first kappa shape index (κ1) is 23.3. The molecule has 1 saturated carbocycles. The van der Waals surface area contributed by atoms with Gasteiger partial charge in [0.2, 0.25) is 0 Å². The van der Waals surface area contributed by atoms with Crippen molar-refractivity contribution in [1.82, 2.24) is 0 Å².